The van der Waals surface area contributed by atoms with Gasteiger partial charge in [-0.15, -0.1) is 0 Å². The van der Waals surface area contributed by atoms with Crippen LogP contribution in [0.4, 0.5) is 4.79 Å². The predicted octanol–water partition coefficient (Wildman–Crippen LogP) is 1.65. The zero-order chi connectivity index (χ0) is 9.59. The Labute approximate surface area is 78.4 Å². The molecule has 0 N–H and O–H groups in total. The van der Waals surface area contributed by atoms with Gasteiger partial charge in [0.2, 0.25) is 0 Å². The molecule has 1 heterocycles. The molecule has 3 nitrogen and oxygen atoms in total. The Kier molecular flexibility index (Phi) is 1.82. The molecule has 0 unspecified atom stereocenters. The summed E-state index contributed by atoms with van der Waals surface area (Å²) in [4.78, 5) is 13.2. The van der Waals surface area contributed by atoms with Crippen molar-refractivity contribution in [2.75, 3.05) is 7.11 Å². The van der Waals surface area contributed by atoms with Crippen LogP contribution in [0.15, 0.2) is 12.2 Å². The first-order valence-corrected chi connectivity index (χ1v) is 4.71. The van der Waals surface area contributed by atoms with Crippen LogP contribution in [0.2, 0.25) is 0 Å². The topological polar surface area (TPSA) is 29.3 Å². The van der Waals surface area contributed by atoms with E-state index in [4.69, 9.17) is 4.74 Å². The number of hydrogen-bond donors (Lipinski definition) is 0. The van der Waals surface area contributed by atoms with Crippen molar-refractivity contribution in [3.63, 3.8) is 0 Å². The summed E-state index contributed by atoms with van der Waals surface area (Å²) in [6, 6.07) is 0.764. The fraction of sp³-hybridized carbons (Fsp3) is 0.700. The summed E-state index contributed by atoms with van der Waals surface area (Å²) in [7, 11) is 1.44. The largest absolute Gasteiger partial charge is 0.453 e. The molecule has 0 spiro atoms. The first-order chi connectivity index (χ1) is 6.16. The number of carbonyl (C=O) groups is 1. The minimum atomic E-state index is -0.183. The number of rotatable bonds is 0. The number of amides is 1. The van der Waals surface area contributed by atoms with E-state index in [1.165, 1.54) is 7.11 Å². The Bertz CT molecular complexity index is 244. The molecule has 0 aromatic rings. The van der Waals surface area contributed by atoms with Crippen molar-refractivity contribution in [3.05, 3.63) is 12.2 Å². The quantitative estimate of drug-likeness (QED) is 0.420. The van der Waals surface area contributed by atoms with Gasteiger partial charge in [-0.1, -0.05) is 26.0 Å². The zero-order valence-electron chi connectivity index (χ0n) is 8.23. The Morgan fingerprint density at radius 1 is 1.23 bits per heavy atom. The third-order valence-corrected chi connectivity index (χ3v) is 3.08. The molecule has 2 aliphatic rings. The normalized spacial score (nSPS) is 41.3. The Balaban J connectivity index is 2.11. The van der Waals surface area contributed by atoms with E-state index in [-0.39, 0.29) is 6.09 Å². The van der Waals surface area contributed by atoms with Crippen LogP contribution < -0.4 is 0 Å². The summed E-state index contributed by atoms with van der Waals surface area (Å²) < 4.78 is 4.72. The van der Waals surface area contributed by atoms with Crippen molar-refractivity contribution in [1.29, 1.82) is 0 Å². The van der Waals surface area contributed by atoms with E-state index in [2.05, 4.69) is 26.0 Å². The van der Waals surface area contributed by atoms with Gasteiger partial charge in [-0.25, -0.2) is 4.79 Å². The SMILES string of the molecule is COC(=O)N1[C@H]2[C@H]1[C@@H](C)C=C[C@H]2C. The molecule has 1 amide bonds. The van der Waals surface area contributed by atoms with Crippen LogP contribution in [-0.2, 0) is 4.74 Å². The van der Waals surface area contributed by atoms with Crippen molar-refractivity contribution in [2.24, 2.45) is 11.8 Å². The summed E-state index contributed by atoms with van der Waals surface area (Å²) in [6.07, 6.45) is 4.20. The summed E-state index contributed by atoms with van der Waals surface area (Å²) in [5.74, 6) is 0.945. The summed E-state index contributed by atoms with van der Waals surface area (Å²) in [5.41, 5.74) is 0. The molecular weight excluding hydrogens is 166 g/mol. The molecule has 1 aliphatic heterocycles. The highest BCUT2D eigenvalue weighted by atomic mass is 16.5. The van der Waals surface area contributed by atoms with Crippen LogP contribution in [0.1, 0.15) is 13.8 Å². The molecule has 1 aliphatic carbocycles. The molecule has 0 radical (unpaired) electrons. The molecule has 0 aromatic carbocycles. The maximum absolute atomic E-state index is 11.3. The molecule has 3 heteroatoms. The van der Waals surface area contributed by atoms with Gasteiger partial charge in [-0.05, 0) is 11.8 Å². The fourth-order valence-electron chi connectivity index (χ4n) is 2.32. The van der Waals surface area contributed by atoms with Gasteiger partial charge < -0.3 is 4.74 Å². The van der Waals surface area contributed by atoms with Crippen molar-refractivity contribution in [3.8, 4) is 0 Å². The third-order valence-electron chi connectivity index (χ3n) is 3.08. The third kappa shape index (κ3) is 1.14. The van der Waals surface area contributed by atoms with Gasteiger partial charge in [0.1, 0.15) is 0 Å². The molecular formula is C10H15NO2. The Morgan fingerprint density at radius 3 is 2.08 bits per heavy atom. The van der Waals surface area contributed by atoms with Crippen LogP contribution in [-0.4, -0.2) is 30.2 Å². The van der Waals surface area contributed by atoms with Crippen LogP contribution in [0, 0.1) is 11.8 Å². The van der Waals surface area contributed by atoms with Gasteiger partial charge in [0, 0.05) is 0 Å². The lowest BCUT2D eigenvalue weighted by Crippen LogP contribution is -2.16. The number of carbonyl (C=O) groups excluding carboxylic acids is 1. The van der Waals surface area contributed by atoms with Crippen molar-refractivity contribution < 1.29 is 9.53 Å². The predicted molar refractivity (Wildman–Crippen MR) is 49.3 cm³/mol. The molecule has 0 bridgehead atoms. The lowest BCUT2D eigenvalue weighted by molar-refractivity contribution is 0.148. The first-order valence-electron chi connectivity index (χ1n) is 4.71. The second kappa shape index (κ2) is 2.76. The van der Waals surface area contributed by atoms with Crippen molar-refractivity contribution in [2.45, 2.75) is 25.9 Å². The molecule has 0 aromatic heterocycles. The molecule has 72 valence electrons. The smallest absolute Gasteiger partial charge is 0.410 e. The minimum absolute atomic E-state index is 0.183. The van der Waals surface area contributed by atoms with Crippen LogP contribution in [0.5, 0.6) is 0 Å². The van der Waals surface area contributed by atoms with Crippen LogP contribution in [0.25, 0.3) is 0 Å². The van der Waals surface area contributed by atoms with E-state index in [0.29, 0.717) is 23.9 Å². The van der Waals surface area contributed by atoms with Crippen molar-refractivity contribution >= 4 is 6.09 Å². The van der Waals surface area contributed by atoms with Gasteiger partial charge >= 0.3 is 6.09 Å². The highest BCUT2D eigenvalue weighted by Crippen LogP contribution is 2.43. The van der Waals surface area contributed by atoms with Crippen LogP contribution in [0.3, 0.4) is 0 Å². The highest BCUT2D eigenvalue weighted by Gasteiger charge is 2.57. The molecule has 1 fully saturated rings. The van der Waals surface area contributed by atoms with Gasteiger partial charge in [0.15, 0.2) is 0 Å². The molecule has 2 rings (SSSR count). The van der Waals surface area contributed by atoms with E-state index >= 15 is 0 Å². The van der Waals surface area contributed by atoms with Crippen molar-refractivity contribution in [1.82, 2.24) is 4.90 Å². The number of nitrogens with zero attached hydrogens (tertiary/aromatic N) is 1. The number of hydrogen-bond acceptors (Lipinski definition) is 2. The number of ether oxygens (including phenoxy) is 1. The average molecular weight is 181 g/mol. The van der Waals surface area contributed by atoms with Crippen LogP contribution >= 0.6 is 0 Å². The molecule has 0 saturated carbocycles. The summed E-state index contributed by atoms with van der Waals surface area (Å²) in [6.45, 7) is 4.28. The second-order valence-electron chi connectivity index (χ2n) is 3.96. The molecule has 4 atom stereocenters. The molecule has 1 saturated heterocycles. The Hall–Kier alpha value is -0.990. The zero-order valence-corrected chi connectivity index (χ0v) is 8.23. The maximum atomic E-state index is 11.3. The summed E-state index contributed by atoms with van der Waals surface area (Å²) >= 11 is 0. The van der Waals surface area contributed by atoms with E-state index in [0.717, 1.165) is 0 Å². The van der Waals surface area contributed by atoms with E-state index in [1.54, 1.807) is 0 Å². The first kappa shape index (κ1) is 8.60. The average Bonchev–Trinajstić information content (AvgIpc) is 2.86. The monoisotopic (exact) mass is 181 g/mol. The summed E-state index contributed by atoms with van der Waals surface area (Å²) in [5, 5.41) is 0. The van der Waals surface area contributed by atoms with E-state index < -0.39 is 0 Å². The highest BCUT2D eigenvalue weighted by molar-refractivity contribution is 5.72. The standard InChI is InChI=1S/C10H15NO2/c1-6-4-5-7(2)9-8(6)11(9)10(12)13-3/h4-9H,1-3H3/t6-,7+,8-,9-,11?/m1/s1. The minimum Gasteiger partial charge on any atom is -0.453 e. The molecule has 13 heavy (non-hydrogen) atoms. The van der Waals surface area contributed by atoms with Gasteiger partial charge in [-0.3, -0.25) is 4.90 Å². The lowest BCUT2D eigenvalue weighted by Gasteiger charge is -2.11. The van der Waals surface area contributed by atoms with E-state index in [9.17, 15) is 4.79 Å². The number of methoxy groups -OCH3 is 1. The second-order valence-corrected chi connectivity index (χ2v) is 3.96. The maximum Gasteiger partial charge on any atom is 0.410 e. The lowest BCUT2D eigenvalue weighted by atomic mass is 9.91. The van der Waals surface area contributed by atoms with Gasteiger partial charge in [-0.2, -0.15) is 0 Å². The van der Waals surface area contributed by atoms with Gasteiger partial charge in [0.05, 0.1) is 19.2 Å². The fourth-order valence-corrected chi connectivity index (χ4v) is 2.32. The Morgan fingerprint density at radius 2 is 1.69 bits per heavy atom. The number of fused-ring (bicyclic) bond motifs is 1. The van der Waals surface area contributed by atoms with E-state index in [1.807, 2.05) is 4.90 Å². The van der Waals surface area contributed by atoms with Gasteiger partial charge in [0.25, 0.3) is 0 Å².